The van der Waals surface area contributed by atoms with Gasteiger partial charge in [-0.25, -0.2) is 0 Å². The third-order valence-electron chi connectivity index (χ3n) is 5.47. The second-order valence-corrected chi connectivity index (χ2v) is 8.42. The fourth-order valence-electron chi connectivity index (χ4n) is 3.73. The average Bonchev–Trinajstić information content (AvgIpc) is 3.08. The topological polar surface area (TPSA) is 127 Å². The molecule has 0 bridgehead atoms. The van der Waals surface area contributed by atoms with Crippen molar-refractivity contribution < 1.29 is 19.1 Å². The van der Waals surface area contributed by atoms with Crippen LogP contribution >= 0.6 is 15.9 Å². The van der Waals surface area contributed by atoms with Gasteiger partial charge in [0.1, 0.15) is 17.4 Å². The normalized spacial score (nSPS) is 12.7. The fourth-order valence-corrected chi connectivity index (χ4v) is 4.41. The van der Waals surface area contributed by atoms with Crippen molar-refractivity contribution in [3.63, 3.8) is 0 Å². The number of imide groups is 1. The molecular formula is C24H25BrN6O4. The summed E-state index contributed by atoms with van der Waals surface area (Å²) >= 11 is 3.35. The monoisotopic (exact) mass is 540 g/mol. The predicted molar refractivity (Wildman–Crippen MR) is 135 cm³/mol. The van der Waals surface area contributed by atoms with Crippen LogP contribution in [-0.2, 0) is 9.53 Å². The van der Waals surface area contributed by atoms with Gasteiger partial charge in [-0.05, 0) is 54.0 Å². The third-order valence-corrected chi connectivity index (χ3v) is 6.24. The Morgan fingerprint density at radius 3 is 2.57 bits per heavy atom. The Hall–Kier alpha value is -3.62. The number of anilines is 2. The van der Waals surface area contributed by atoms with Crippen LogP contribution in [0.3, 0.4) is 0 Å². The van der Waals surface area contributed by atoms with Crippen LogP contribution in [0, 0.1) is 11.3 Å². The van der Waals surface area contributed by atoms with Crippen molar-refractivity contribution in [1.29, 1.82) is 5.26 Å². The summed E-state index contributed by atoms with van der Waals surface area (Å²) in [5.74, 6) is -1.19. The summed E-state index contributed by atoms with van der Waals surface area (Å²) in [6.07, 6.45) is 0. The number of carbonyl (C=O) groups is 3. The first kappa shape index (κ1) is 26.0. The molecule has 11 heteroatoms. The van der Waals surface area contributed by atoms with Crippen molar-refractivity contribution >= 4 is 56.4 Å². The first-order chi connectivity index (χ1) is 16.8. The molecule has 1 aliphatic heterocycles. The van der Waals surface area contributed by atoms with Gasteiger partial charge in [0.05, 0.1) is 33.5 Å². The van der Waals surface area contributed by atoms with E-state index in [-0.39, 0.29) is 39.3 Å². The van der Waals surface area contributed by atoms with Crippen molar-refractivity contribution in [2.24, 2.45) is 10.2 Å². The minimum absolute atomic E-state index is 0.0906. The number of nitriles is 1. The van der Waals surface area contributed by atoms with Gasteiger partial charge in [0, 0.05) is 39.4 Å². The molecule has 182 valence electrons. The lowest BCUT2D eigenvalue weighted by atomic mass is 10.0. The smallest absolute Gasteiger partial charge is 0.262 e. The highest BCUT2D eigenvalue weighted by molar-refractivity contribution is 9.10. The molecule has 0 saturated heterocycles. The van der Waals surface area contributed by atoms with Crippen LogP contribution in [0.2, 0.25) is 0 Å². The van der Waals surface area contributed by atoms with Gasteiger partial charge in [0.2, 0.25) is 5.91 Å². The van der Waals surface area contributed by atoms with E-state index in [9.17, 15) is 19.6 Å². The molecule has 0 radical (unpaired) electrons. The molecule has 3 rings (SSSR count). The molecule has 2 aromatic carbocycles. The molecule has 0 spiro atoms. The molecule has 1 heterocycles. The van der Waals surface area contributed by atoms with Crippen LogP contribution in [0.5, 0.6) is 0 Å². The number of halogens is 1. The number of fused-ring (bicyclic) bond motifs is 1. The van der Waals surface area contributed by atoms with Gasteiger partial charge in [-0.15, -0.1) is 10.2 Å². The van der Waals surface area contributed by atoms with Crippen LogP contribution in [0.4, 0.5) is 22.7 Å². The van der Waals surface area contributed by atoms with E-state index in [1.165, 1.54) is 13.0 Å². The van der Waals surface area contributed by atoms with Gasteiger partial charge in [-0.3, -0.25) is 19.3 Å². The molecule has 0 aliphatic carbocycles. The molecule has 1 aliphatic rings. The number of methoxy groups -OCH3 is 1. The number of amides is 3. The summed E-state index contributed by atoms with van der Waals surface area (Å²) in [5, 5.41) is 20.9. The van der Waals surface area contributed by atoms with Gasteiger partial charge < -0.3 is 15.0 Å². The quantitative estimate of drug-likeness (QED) is 0.360. The number of hydrogen-bond donors (Lipinski definition) is 1. The molecule has 0 atom stereocenters. The molecule has 0 unspecified atom stereocenters. The van der Waals surface area contributed by atoms with Crippen LogP contribution in [0.1, 0.15) is 47.1 Å². The van der Waals surface area contributed by atoms with E-state index in [1.807, 2.05) is 19.1 Å². The van der Waals surface area contributed by atoms with E-state index in [0.29, 0.717) is 24.5 Å². The van der Waals surface area contributed by atoms with Crippen molar-refractivity contribution in [2.75, 3.05) is 43.6 Å². The van der Waals surface area contributed by atoms with E-state index in [1.54, 1.807) is 26.2 Å². The van der Waals surface area contributed by atoms with E-state index in [2.05, 4.69) is 36.4 Å². The van der Waals surface area contributed by atoms with Gasteiger partial charge >= 0.3 is 0 Å². The molecule has 3 amide bonds. The molecule has 10 nitrogen and oxygen atoms in total. The van der Waals surface area contributed by atoms with Crippen molar-refractivity contribution in [3.05, 3.63) is 45.4 Å². The van der Waals surface area contributed by atoms with Gasteiger partial charge in [0.25, 0.3) is 11.8 Å². The molecule has 2 aromatic rings. The van der Waals surface area contributed by atoms with Gasteiger partial charge in [-0.2, -0.15) is 5.26 Å². The maximum Gasteiger partial charge on any atom is 0.262 e. The van der Waals surface area contributed by atoms with Crippen molar-refractivity contribution in [2.45, 2.75) is 20.8 Å². The average molecular weight is 541 g/mol. The number of rotatable bonds is 9. The first-order valence-electron chi connectivity index (χ1n) is 11.0. The van der Waals surface area contributed by atoms with E-state index in [0.717, 1.165) is 17.1 Å². The van der Waals surface area contributed by atoms with Crippen LogP contribution in [0.25, 0.3) is 0 Å². The zero-order valence-electron chi connectivity index (χ0n) is 19.9. The number of benzene rings is 2. The maximum absolute atomic E-state index is 12.7. The number of nitrogens with zero attached hydrogens (tertiary/aromatic N) is 5. The highest BCUT2D eigenvalue weighted by Crippen LogP contribution is 2.40. The number of likely N-dealkylation sites (N-methyl/N-ethyl adjacent to an activating group) is 1. The summed E-state index contributed by atoms with van der Waals surface area (Å²) in [6.45, 7) is 7.27. The second-order valence-electron chi connectivity index (χ2n) is 7.63. The molecule has 0 fully saturated rings. The van der Waals surface area contributed by atoms with E-state index in [4.69, 9.17) is 4.74 Å². The summed E-state index contributed by atoms with van der Waals surface area (Å²) in [4.78, 5) is 40.3. The summed E-state index contributed by atoms with van der Waals surface area (Å²) in [6, 6.07) is 8.72. The summed E-state index contributed by atoms with van der Waals surface area (Å²) in [7, 11) is 1.63. The third kappa shape index (κ3) is 5.23. The predicted octanol–water partition coefficient (Wildman–Crippen LogP) is 4.78. The highest BCUT2D eigenvalue weighted by Gasteiger charge is 2.38. The zero-order chi connectivity index (χ0) is 25.7. The molecule has 0 saturated carbocycles. The fraction of sp³-hybridized carbons (Fsp3) is 0.333. The first-order valence-corrected chi connectivity index (χ1v) is 11.8. The molecule has 1 N–H and O–H groups in total. The van der Waals surface area contributed by atoms with Crippen molar-refractivity contribution in [3.8, 4) is 6.07 Å². The van der Waals surface area contributed by atoms with Gasteiger partial charge in [0.15, 0.2) is 0 Å². The van der Waals surface area contributed by atoms with Crippen molar-refractivity contribution in [1.82, 2.24) is 4.90 Å². The standard InChI is InChI=1S/C24H25BrN6O4/c1-5-30(9-10-35-4)16-7-8-18(19(12-16)27-14(3)32)28-29-22-15(13-26)11-17-20(21(22)25)24(34)31(6-2)23(17)33/h7-8,11-12H,5-6,9-10H2,1-4H3,(H,27,32). The number of azo groups is 1. The van der Waals surface area contributed by atoms with Crippen LogP contribution in [0.15, 0.2) is 39.0 Å². The number of hydrogen-bond acceptors (Lipinski definition) is 8. The van der Waals surface area contributed by atoms with E-state index < -0.39 is 11.8 Å². The second kappa shape index (κ2) is 11.2. The zero-order valence-corrected chi connectivity index (χ0v) is 21.5. The highest BCUT2D eigenvalue weighted by atomic mass is 79.9. The Kier molecular flexibility index (Phi) is 8.32. The Bertz CT molecular complexity index is 1250. The minimum Gasteiger partial charge on any atom is -0.383 e. The number of nitrogens with one attached hydrogen (secondary N) is 1. The Morgan fingerprint density at radius 2 is 1.97 bits per heavy atom. The Balaban J connectivity index is 2.06. The number of ether oxygens (including phenoxy) is 1. The minimum atomic E-state index is -0.459. The summed E-state index contributed by atoms with van der Waals surface area (Å²) < 4.78 is 5.39. The van der Waals surface area contributed by atoms with E-state index >= 15 is 0 Å². The van der Waals surface area contributed by atoms with Crippen LogP contribution < -0.4 is 10.2 Å². The summed E-state index contributed by atoms with van der Waals surface area (Å²) in [5.41, 5.74) is 2.19. The Morgan fingerprint density at radius 1 is 1.23 bits per heavy atom. The lowest BCUT2D eigenvalue weighted by molar-refractivity contribution is -0.114. The van der Waals surface area contributed by atoms with Gasteiger partial charge in [-0.1, -0.05) is 0 Å². The SMILES string of the molecule is CCN1C(=O)c2cc(C#N)c(N=Nc3ccc(N(CC)CCOC)cc3NC(C)=O)c(Br)c2C1=O. The molecular weight excluding hydrogens is 516 g/mol. The number of carbonyl (C=O) groups excluding carboxylic acids is 3. The maximum atomic E-state index is 12.7. The molecule has 35 heavy (non-hydrogen) atoms. The van der Waals surface area contributed by atoms with Crippen LogP contribution in [-0.4, -0.2) is 56.0 Å². The lowest BCUT2D eigenvalue weighted by Gasteiger charge is -2.23. The Labute approximate surface area is 211 Å². The largest absolute Gasteiger partial charge is 0.383 e. The lowest BCUT2D eigenvalue weighted by Crippen LogP contribution is -2.29. The molecule has 0 aromatic heterocycles.